The highest BCUT2D eigenvalue weighted by Crippen LogP contribution is 2.34. The molecule has 1 amide bonds. The van der Waals surface area contributed by atoms with Crippen LogP contribution in [0.25, 0.3) is 11.1 Å². The Hall–Kier alpha value is -3.28. The first kappa shape index (κ1) is 19.5. The third-order valence-corrected chi connectivity index (χ3v) is 4.26. The van der Waals surface area contributed by atoms with E-state index in [9.17, 15) is 18.0 Å². The Morgan fingerprint density at radius 3 is 2.04 bits per heavy atom. The number of nitrogens with one attached hydrogen (secondary N) is 2. The van der Waals surface area contributed by atoms with Crippen LogP contribution in [0.2, 0.25) is 0 Å². The zero-order valence-corrected chi connectivity index (χ0v) is 15.1. The number of rotatable bonds is 5. The normalized spacial score (nSPS) is 12.3. The van der Waals surface area contributed by atoms with Gasteiger partial charge in [-0.2, -0.15) is 13.2 Å². The zero-order valence-electron chi connectivity index (χ0n) is 15.1. The van der Waals surface area contributed by atoms with Gasteiger partial charge < -0.3 is 10.6 Å². The van der Waals surface area contributed by atoms with E-state index in [1.807, 2.05) is 54.6 Å². The van der Waals surface area contributed by atoms with Gasteiger partial charge in [-0.05, 0) is 42.3 Å². The highest BCUT2D eigenvalue weighted by molar-refractivity contribution is 5.97. The number of hydrogen-bond donors (Lipinski definition) is 2. The first-order valence-corrected chi connectivity index (χ1v) is 8.74. The highest BCUT2D eigenvalue weighted by Gasteiger charge is 2.33. The lowest BCUT2D eigenvalue weighted by Crippen LogP contribution is -2.32. The van der Waals surface area contributed by atoms with Crippen molar-refractivity contribution < 1.29 is 18.0 Å². The van der Waals surface area contributed by atoms with E-state index < -0.39 is 23.7 Å². The van der Waals surface area contributed by atoms with Crippen molar-refractivity contribution in [2.24, 2.45) is 0 Å². The molecule has 144 valence electrons. The second kappa shape index (κ2) is 8.17. The van der Waals surface area contributed by atoms with Crippen molar-refractivity contribution in [2.45, 2.75) is 19.1 Å². The van der Waals surface area contributed by atoms with E-state index >= 15 is 0 Å². The molecule has 0 unspecified atom stereocenters. The molecule has 0 bridgehead atoms. The molecule has 1 atom stereocenters. The molecular weight excluding hydrogens is 365 g/mol. The van der Waals surface area contributed by atoms with Crippen LogP contribution in [0.4, 0.5) is 24.5 Å². The lowest BCUT2D eigenvalue weighted by atomic mass is 10.1. The molecule has 0 fully saturated rings. The summed E-state index contributed by atoms with van der Waals surface area (Å²) >= 11 is 0. The summed E-state index contributed by atoms with van der Waals surface area (Å²) in [4.78, 5) is 12.3. The minimum Gasteiger partial charge on any atom is -0.374 e. The SMILES string of the molecule is C[C@H](Nc1ccc(-c2ccccc2)cc1)C(=O)Nc1ccccc1C(F)(F)F. The largest absolute Gasteiger partial charge is 0.418 e. The van der Waals surface area contributed by atoms with Gasteiger partial charge in [0.1, 0.15) is 6.04 Å². The van der Waals surface area contributed by atoms with E-state index in [1.54, 1.807) is 6.92 Å². The molecule has 0 saturated heterocycles. The summed E-state index contributed by atoms with van der Waals surface area (Å²) in [7, 11) is 0. The van der Waals surface area contributed by atoms with Crippen molar-refractivity contribution in [3.8, 4) is 11.1 Å². The molecule has 3 nitrogen and oxygen atoms in total. The number of para-hydroxylation sites is 1. The summed E-state index contributed by atoms with van der Waals surface area (Å²) in [5.74, 6) is -0.552. The molecule has 0 aromatic heterocycles. The van der Waals surface area contributed by atoms with Crippen LogP contribution < -0.4 is 10.6 Å². The molecule has 0 saturated carbocycles. The van der Waals surface area contributed by atoms with Gasteiger partial charge in [-0.1, -0.05) is 54.6 Å². The van der Waals surface area contributed by atoms with Gasteiger partial charge >= 0.3 is 6.18 Å². The number of alkyl halides is 3. The molecule has 28 heavy (non-hydrogen) atoms. The fourth-order valence-electron chi connectivity index (χ4n) is 2.79. The van der Waals surface area contributed by atoms with Crippen molar-refractivity contribution in [1.82, 2.24) is 0 Å². The maximum Gasteiger partial charge on any atom is 0.418 e. The molecular formula is C22H19F3N2O. The van der Waals surface area contributed by atoms with Crippen LogP contribution >= 0.6 is 0 Å². The number of carbonyl (C=O) groups excluding carboxylic acids is 1. The van der Waals surface area contributed by atoms with Crippen molar-refractivity contribution in [1.29, 1.82) is 0 Å². The van der Waals surface area contributed by atoms with Crippen molar-refractivity contribution in [3.63, 3.8) is 0 Å². The van der Waals surface area contributed by atoms with Crippen LogP contribution in [0.3, 0.4) is 0 Å². The number of anilines is 2. The summed E-state index contributed by atoms with van der Waals surface area (Å²) in [5, 5.41) is 5.36. The summed E-state index contributed by atoms with van der Waals surface area (Å²) < 4.78 is 39.2. The minimum atomic E-state index is -4.53. The first-order valence-electron chi connectivity index (χ1n) is 8.74. The predicted molar refractivity (Wildman–Crippen MR) is 105 cm³/mol. The summed E-state index contributed by atoms with van der Waals surface area (Å²) in [5.41, 5.74) is 1.67. The fourth-order valence-corrected chi connectivity index (χ4v) is 2.79. The van der Waals surface area contributed by atoms with E-state index in [1.165, 1.54) is 18.2 Å². The second-order valence-electron chi connectivity index (χ2n) is 6.34. The van der Waals surface area contributed by atoms with E-state index in [2.05, 4.69) is 10.6 Å². The quantitative estimate of drug-likeness (QED) is 0.583. The van der Waals surface area contributed by atoms with Gasteiger partial charge in [-0.25, -0.2) is 0 Å². The molecule has 3 rings (SSSR count). The van der Waals surface area contributed by atoms with Crippen LogP contribution in [0.15, 0.2) is 78.9 Å². The average molecular weight is 384 g/mol. The van der Waals surface area contributed by atoms with Crippen molar-refractivity contribution in [3.05, 3.63) is 84.4 Å². The van der Waals surface area contributed by atoms with Crippen LogP contribution in [0, 0.1) is 0 Å². The Morgan fingerprint density at radius 2 is 1.39 bits per heavy atom. The Labute approximate surface area is 161 Å². The second-order valence-corrected chi connectivity index (χ2v) is 6.34. The minimum absolute atomic E-state index is 0.256. The van der Waals surface area contributed by atoms with Gasteiger partial charge in [0.25, 0.3) is 0 Å². The van der Waals surface area contributed by atoms with Gasteiger partial charge in [0.15, 0.2) is 0 Å². The maximum atomic E-state index is 13.1. The Kier molecular flexibility index (Phi) is 5.68. The van der Waals surface area contributed by atoms with Gasteiger partial charge in [-0.3, -0.25) is 4.79 Å². The van der Waals surface area contributed by atoms with Gasteiger partial charge in [0.2, 0.25) is 5.91 Å². The van der Waals surface area contributed by atoms with Crippen LogP contribution in [-0.4, -0.2) is 11.9 Å². The smallest absolute Gasteiger partial charge is 0.374 e. The van der Waals surface area contributed by atoms with Crippen LogP contribution in [0.5, 0.6) is 0 Å². The van der Waals surface area contributed by atoms with E-state index in [-0.39, 0.29) is 5.69 Å². The Bertz CT molecular complexity index is 938. The monoisotopic (exact) mass is 384 g/mol. The highest BCUT2D eigenvalue weighted by atomic mass is 19.4. The van der Waals surface area contributed by atoms with E-state index in [4.69, 9.17) is 0 Å². The molecule has 2 N–H and O–H groups in total. The standard InChI is InChI=1S/C22H19F3N2O/c1-15(21(28)27-20-10-6-5-9-19(20)22(23,24)25)26-18-13-11-17(12-14-18)16-7-3-2-4-8-16/h2-15,26H,1H3,(H,27,28)/t15-/m0/s1. The zero-order chi connectivity index (χ0) is 20.1. The van der Waals surface area contributed by atoms with Gasteiger partial charge in [-0.15, -0.1) is 0 Å². The van der Waals surface area contributed by atoms with Crippen LogP contribution in [-0.2, 0) is 11.0 Å². The summed E-state index contributed by atoms with van der Waals surface area (Å²) in [6.45, 7) is 1.59. The number of benzene rings is 3. The summed E-state index contributed by atoms with van der Waals surface area (Å²) in [6.07, 6.45) is -4.53. The molecule has 0 aliphatic carbocycles. The molecule has 0 radical (unpaired) electrons. The molecule has 0 aliphatic heterocycles. The molecule has 0 heterocycles. The third kappa shape index (κ3) is 4.71. The van der Waals surface area contributed by atoms with Gasteiger partial charge in [0, 0.05) is 5.69 Å². The van der Waals surface area contributed by atoms with Crippen molar-refractivity contribution in [2.75, 3.05) is 10.6 Å². The van der Waals surface area contributed by atoms with Crippen LogP contribution in [0.1, 0.15) is 12.5 Å². The Balaban J connectivity index is 1.67. The fraction of sp³-hybridized carbons (Fsp3) is 0.136. The lowest BCUT2D eigenvalue weighted by Gasteiger charge is -2.18. The number of hydrogen-bond acceptors (Lipinski definition) is 2. The molecule has 3 aromatic carbocycles. The molecule has 3 aromatic rings. The van der Waals surface area contributed by atoms with Crippen molar-refractivity contribution >= 4 is 17.3 Å². The molecule has 0 spiro atoms. The maximum absolute atomic E-state index is 13.1. The van der Waals surface area contributed by atoms with Gasteiger partial charge in [0.05, 0.1) is 11.3 Å². The number of halogens is 3. The topological polar surface area (TPSA) is 41.1 Å². The molecule has 6 heteroatoms. The Morgan fingerprint density at radius 1 is 0.821 bits per heavy atom. The average Bonchev–Trinajstić information content (AvgIpc) is 2.69. The number of amides is 1. The van der Waals surface area contributed by atoms with E-state index in [0.717, 1.165) is 17.2 Å². The first-order chi connectivity index (χ1) is 13.3. The third-order valence-electron chi connectivity index (χ3n) is 4.26. The lowest BCUT2D eigenvalue weighted by molar-refractivity contribution is -0.137. The predicted octanol–water partition coefficient (Wildman–Crippen LogP) is 5.81. The number of carbonyl (C=O) groups is 1. The summed E-state index contributed by atoms with van der Waals surface area (Å²) in [6, 6.07) is 21.5. The molecule has 0 aliphatic rings. The van der Waals surface area contributed by atoms with E-state index in [0.29, 0.717) is 5.69 Å².